The molecular formula is C32H35N5O5. The number of fused-ring (bicyclic) bond motifs is 2. The number of benzene rings is 1. The first-order valence-electron chi connectivity index (χ1n) is 14.3. The highest BCUT2D eigenvalue weighted by molar-refractivity contribution is 5.92. The Bertz CT molecular complexity index is 1630. The monoisotopic (exact) mass is 569 g/mol. The molecule has 0 spiro atoms. The molecule has 1 saturated heterocycles. The third-order valence-corrected chi connectivity index (χ3v) is 7.78. The molecule has 5 heterocycles. The summed E-state index contributed by atoms with van der Waals surface area (Å²) >= 11 is 0. The van der Waals surface area contributed by atoms with E-state index in [4.69, 9.17) is 24.3 Å². The summed E-state index contributed by atoms with van der Waals surface area (Å²) in [7, 11) is 1.33. The molecule has 0 saturated carbocycles. The summed E-state index contributed by atoms with van der Waals surface area (Å²) in [5, 5.41) is 7.15. The van der Waals surface area contributed by atoms with Crippen molar-refractivity contribution < 1.29 is 23.8 Å². The van der Waals surface area contributed by atoms with Crippen LogP contribution in [0.25, 0.3) is 27.7 Å². The first-order chi connectivity index (χ1) is 20.2. The zero-order valence-electron chi connectivity index (χ0n) is 24.4. The van der Waals surface area contributed by atoms with Crippen LogP contribution in [0.4, 0.5) is 4.79 Å². The molecule has 42 heavy (non-hydrogen) atoms. The molecule has 6 rings (SSSR count). The molecular weight excluding hydrogens is 534 g/mol. The van der Waals surface area contributed by atoms with Crippen LogP contribution in [-0.2, 0) is 27.2 Å². The average Bonchev–Trinajstić information content (AvgIpc) is 3.38. The summed E-state index contributed by atoms with van der Waals surface area (Å²) in [6.07, 6.45) is 5.75. The van der Waals surface area contributed by atoms with Gasteiger partial charge in [0.15, 0.2) is 0 Å². The van der Waals surface area contributed by atoms with Crippen molar-refractivity contribution in [2.75, 3.05) is 26.9 Å². The van der Waals surface area contributed by atoms with Crippen LogP contribution in [0.1, 0.15) is 67.0 Å². The first kappa shape index (κ1) is 27.8. The number of esters is 1. The van der Waals surface area contributed by atoms with Crippen LogP contribution in [0.3, 0.4) is 0 Å². The van der Waals surface area contributed by atoms with Gasteiger partial charge in [0, 0.05) is 54.6 Å². The molecule has 0 unspecified atom stereocenters. The molecule has 0 bridgehead atoms. The fraction of sp³-hybridized carbons (Fsp3) is 0.406. The molecule has 4 aromatic rings. The molecule has 1 amide bonds. The van der Waals surface area contributed by atoms with E-state index in [1.807, 2.05) is 62.0 Å². The number of amides is 1. The van der Waals surface area contributed by atoms with Crippen molar-refractivity contribution in [3.63, 3.8) is 0 Å². The van der Waals surface area contributed by atoms with Crippen molar-refractivity contribution in [1.82, 2.24) is 24.6 Å². The summed E-state index contributed by atoms with van der Waals surface area (Å²) in [4.78, 5) is 35.6. The Morgan fingerprint density at radius 3 is 2.57 bits per heavy atom. The van der Waals surface area contributed by atoms with Gasteiger partial charge in [-0.15, -0.1) is 0 Å². The van der Waals surface area contributed by atoms with Gasteiger partial charge < -0.3 is 19.1 Å². The van der Waals surface area contributed by atoms with E-state index in [-0.39, 0.29) is 11.8 Å². The second-order valence-electron chi connectivity index (χ2n) is 11.8. The van der Waals surface area contributed by atoms with Gasteiger partial charge in [0.1, 0.15) is 11.3 Å². The molecule has 1 aromatic carbocycles. The highest BCUT2D eigenvalue weighted by atomic mass is 16.6. The minimum Gasteiger partial charge on any atom is -0.464 e. The van der Waals surface area contributed by atoms with Gasteiger partial charge in [-0.05, 0) is 69.7 Å². The Morgan fingerprint density at radius 2 is 1.86 bits per heavy atom. The maximum atomic E-state index is 13.1. The molecule has 0 radical (unpaired) electrons. The molecule has 3 aromatic heterocycles. The minimum absolute atomic E-state index is 0.244. The molecule has 10 heteroatoms. The number of carbonyl (C=O) groups is 2. The molecule has 218 valence electrons. The van der Waals surface area contributed by atoms with Crippen LogP contribution in [-0.4, -0.2) is 69.2 Å². The Hall–Kier alpha value is -4.31. The summed E-state index contributed by atoms with van der Waals surface area (Å²) in [6.45, 7) is 8.12. The van der Waals surface area contributed by atoms with E-state index in [2.05, 4.69) is 4.98 Å². The number of hydrogen-bond donors (Lipinski definition) is 0. The molecule has 0 aliphatic carbocycles. The van der Waals surface area contributed by atoms with Gasteiger partial charge in [0.2, 0.25) is 0 Å². The lowest BCUT2D eigenvalue weighted by Crippen LogP contribution is -2.40. The lowest BCUT2D eigenvalue weighted by atomic mass is 9.91. The average molecular weight is 570 g/mol. The van der Waals surface area contributed by atoms with Crippen molar-refractivity contribution in [3.8, 4) is 16.9 Å². The maximum absolute atomic E-state index is 13.1. The number of aromatic nitrogens is 4. The summed E-state index contributed by atoms with van der Waals surface area (Å²) in [6, 6.07) is 11.6. The third kappa shape index (κ3) is 5.46. The highest BCUT2D eigenvalue weighted by Gasteiger charge is 2.33. The zero-order chi connectivity index (χ0) is 29.4. The minimum atomic E-state index is -0.570. The van der Waals surface area contributed by atoms with Crippen LogP contribution in [0.2, 0.25) is 0 Å². The van der Waals surface area contributed by atoms with Gasteiger partial charge in [-0.1, -0.05) is 12.1 Å². The van der Waals surface area contributed by atoms with E-state index >= 15 is 0 Å². The molecule has 0 atom stereocenters. The Balaban J connectivity index is 1.40. The number of methoxy groups -OCH3 is 1. The second kappa shape index (κ2) is 11.2. The van der Waals surface area contributed by atoms with Crippen molar-refractivity contribution >= 4 is 22.8 Å². The summed E-state index contributed by atoms with van der Waals surface area (Å²) in [5.41, 5.74) is 5.45. The smallest absolute Gasteiger partial charge is 0.410 e. The highest BCUT2D eigenvalue weighted by Crippen LogP contribution is 2.36. The number of rotatable bonds is 4. The van der Waals surface area contributed by atoms with Crippen molar-refractivity contribution in [2.45, 2.75) is 58.1 Å². The number of carbonyl (C=O) groups excluding carboxylic acids is 2. The van der Waals surface area contributed by atoms with Crippen LogP contribution in [0, 0.1) is 0 Å². The number of ether oxygens (including phenoxy) is 3. The molecule has 2 aliphatic rings. The predicted molar refractivity (Wildman–Crippen MR) is 157 cm³/mol. The Labute approximate surface area is 244 Å². The van der Waals surface area contributed by atoms with Crippen LogP contribution < -0.4 is 0 Å². The normalized spacial score (nSPS) is 15.9. The maximum Gasteiger partial charge on any atom is 0.410 e. The molecule has 2 aliphatic heterocycles. The van der Waals surface area contributed by atoms with E-state index in [0.29, 0.717) is 19.0 Å². The number of nitrogens with zero attached hydrogens (tertiary/aromatic N) is 5. The number of pyridine rings is 2. The van der Waals surface area contributed by atoms with Crippen molar-refractivity contribution in [2.24, 2.45) is 0 Å². The van der Waals surface area contributed by atoms with Gasteiger partial charge in [-0.2, -0.15) is 5.10 Å². The zero-order valence-corrected chi connectivity index (χ0v) is 24.4. The molecule has 1 fully saturated rings. The SMILES string of the molecule is COC(=O)c1ccc(-c2cc3cccc(-n4nc(C5CCOCC5)c5c4CN(C(=O)OC(C)(C)C)CC5)c3cn2)cn1. The largest absolute Gasteiger partial charge is 0.464 e. The lowest BCUT2D eigenvalue weighted by molar-refractivity contribution is 0.0219. The predicted octanol–water partition coefficient (Wildman–Crippen LogP) is 5.46. The summed E-state index contributed by atoms with van der Waals surface area (Å²) in [5.74, 6) is -0.160. The lowest BCUT2D eigenvalue weighted by Gasteiger charge is -2.31. The molecule has 0 N–H and O–H groups in total. The third-order valence-electron chi connectivity index (χ3n) is 7.78. The Morgan fingerprint density at radius 1 is 1.05 bits per heavy atom. The quantitative estimate of drug-likeness (QED) is 0.298. The topological polar surface area (TPSA) is 109 Å². The molecule has 10 nitrogen and oxygen atoms in total. The van der Waals surface area contributed by atoms with E-state index in [1.165, 1.54) is 12.7 Å². The van der Waals surface area contributed by atoms with Gasteiger partial charge in [-0.3, -0.25) is 4.98 Å². The first-order valence-corrected chi connectivity index (χ1v) is 14.3. The van der Waals surface area contributed by atoms with E-state index in [9.17, 15) is 9.59 Å². The van der Waals surface area contributed by atoms with E-state index in [0.717, 1.165) is 71.6 Å². The van der Waals surface area contributed by atoms with Crippen molar-refractivity contribution in [1.29, 1.82) is 0 Å². The summed E-state index contributed by atoms with van der Waals surface area (Å²) < 4.78 is 18.1. The van der Waals surface area contributed by atoms with E-state index in [1.54, 1.807) is 17.2 Å². The van der Waals surface area contributed by atoms with Crippen LogP contribution in [0.15, 0.2) is 48.8 Å². The fourth-order valence-electron chi connectivity index (χ4n) is 5.69. The van der Waals surface area contributed by atoms with Crippen LogP contribution >= 0.6 is 0 Å². The van der Waals surface area contributed by atoms with Gasteiger partial charge in [0.05, 0.1) is 36.4 Å². The number of hydrogen-bond acceptors (Lipinski definition) is 8. The van der Waals surface area contributed by atoms with Crippen molar-refractivity contribution in [3.05, 3.63) is 71.4 Å². The van der Waals surface area contributed by atoms with Gasteiger partial charge in [-0.25, -0.2) is 19.3 Å². The van der Waals surface area contributed by atoms with E-state index < -0.39 is 11.6 Å². The van der Waals surface area contributed by atoms with Gasteiger partial charge >= 0.3 is 12.1 Å². The second-order valence-corrected chi connectivity index (χ2v) is 11.8. The Kier molecular flexibility index (Phi) is 7.40. The standard InChI is InChI=1S/C32H35N5O5/c1-32(2,3)42-31(39)36-13-10-23-28(19-36)37(35-29(23)20-11-14-41-15-12-20)27-7-5-6-21-16-26(34-18-24(21)27)22-8-9-25(33-17-22)30(38)40-4/h5-9,16-18,20H,10-15,19H2,1-4H3. The van der Waals surface area contributed by atoms with Gasteiger partial charge in [0.25, 0.3) is 0 Å². The van der Waals surface area contributed by atoms with Crippen LogP contribution in [0.5, 0.6) is 0 Å². The fourth-order valence-corrected chi connectivity index (χ4v) is 5.69.